The average molecular weight is 266 g/mol. The van der Waals surface area contributed by atoms with Crippen LogP contribution in [-0.4, -0.2) is 36.0 Å². The van der Waals surface area contributed by atoms with Crippen molar-refractivity contribution in [3.05, 3.63) is 35.4 Å². The number of likely N-dealkylation sites (N-methyl/N-ethyl adjacent to an activating group) is 1. The second-order valence-electron chi connectivity index (χ2n) is 4.78. The maximum atomic E-state index is 5.88. The lowest BCUT2D eigenvalue weighted by Crippen LogP contribution is -2.37. The highest BCUT2D eigenvalue weighted by Gasteiger charge is 2.12. The van der Waals surface area contributed by atoms with Gasteiger partial charge in [-0.05, 0) is 37.5 Å². The fourth-order valence-electron chi connectivity index (χ4n) is 1.99. The lowest BCUT2D eigenvalue weighted by atomic mass is 10.1. The summed E-state index contributed by atoms with van der Waals surface area (Å²) in [5.74, 6) is 2.40. The Hall–Kier alpha value is -0.510. The molecule has 18 heavy (non-hydrogen) atoms. The molecule has 0 amide bonds. The van der Waals surface area contributed by atoms with Crippen molar-refractivity contribution in [3.8, 4) is 0 Å². The highest BCUT2D eigenvalue weighted by molar-refractivity contribution is 7.99. The SMILES string of the molecule is CCSCCC(CN)N(C)Cc1ccc(C)cc1. The minimum Gasteiger partial charge on any atom is -0.329 e. The molecule has 1 aromatic carbocycles. The predicted octanol–water partition coefficient (Wildman–Crippen LogP) is 2.90. The zero-order valence-corrected chi connectivity index (χ0v) is 12.7. The minimum atomic E-state index is 0.491. The first kappa shape index (κ1) is 15.5. The molecule has 2 N–H and O–H groups in total. The van der Waals surface area contributed by atoms with Crippen molar-refractivity contribution < 1.29 is 0 Å². The Labute approximate surface area is 116 Å². The molecule has 0 aromatic heterocycles. The number of aryl methyl sites for hydroxylation is 1. The van der Waals surface area contributed by atoms with Crippen LogP contribution in [0.2, 0.25) is 0 Å². The minimum absolute atomic E-state index is 0.491. The fraction of sp³-hybridized carbons (Fsp3) is 0.600. The van der Waals surface area contributed by atoms with Crippen LogP contribution in [0.15, 0.2) is 24.3 Å². The number of hydrogen-bond donors (Lipinski definition) is 1. The molecule has 0 heterocycles. The molecule has 0 aliphatic carbocycles. The van der Waals surface area contributed by atoms with Crippen LogP contribution in [0.5, 0.6) is 0 Å². The Morgan fingerprint density at radius 2 is 1.94 bits per heavy atom. The fourth-order valence-corrected chi connectivity index (χ4v) is 2.72. The number of hydrogen-bond acceptors (Lipinski definition) is 3. The van der Waals surface area contributed by atoms with E-state index in [9.17, 15) is 0 Å². The highest BCUT2D eigenvalue weighted by Crippen LogP contribution is 2.12. The second kappa shape index (κ2) is 8.57. The summed E-state index contributed by atoms with van der Waals surface area (Å²) >= 11 is 2.00. The standard InChI is InChI=1S/C15H26N2S/c1-4-18-10-9-15(11-16)17(3)12-14-7-5-13(2)6-8-14/h5-8,15H,4,9-12,16H2,1-3H3. The Morgan fingerprint density at radius 1 is 1.28 bits per heavy atom. The lowest BCUT2D eigenvalue weighted by Gasteiger charge is -2.27. The van der Waals surface area contributed by atoms with E-state index in [4.69, 9.17) is 5.73 Å². The van der Waals surface area contributed by atoms with E-state index in [0.717, 1.165) is 13.1 Å². The second-order valence-corrected chi connectivity index (χ2v) is 6.17. The van der Waals surface area contributed by atoms with Gasteiger partial charge in [-0.15, -0.1) is 0 Å². The van der Waals surface area contributed by atoms with Crippen LogP contribution in [0.25, 0.3) is 0 Å². The van der Waals surface area contributed by atoms with Crippen LogP contribution in [0.3, 0.4) is 0 Å². The van der Waals surface area contributed by atoms with Gasteiger partial charge in [0.1, 0.15) is 0 Å². The summed E-state index contributed by atoms with van der Waals surface area (Å²) in [4.78, 5) is 2.38. The van der Waals surface area contributed by atoms with Gasteiger partial charge in [0.25, 0.3) is 0 Å². The van der Waals surface area contributed by atoms with Gasteiger partial charge < -0.3 is 5.73 Å². The molecule has 0 radical (unpaired) electrons. The number of nitrogens with zero attached hydrogens (tertiary/aromatic N) is 1. The number of rotatable bonds is 8. The molecule has 0 fully saturated rings. The van der Waals surface area contributed by atoms with E-state index in [1.807, 2.05) is 11.8 Å². The predicted molar refractivity (Wildman–Crippen MR) is 83.1 cm³/mol. The van der Waals surface area contributed by atoms with Gasteiger partial charge in [0.2, 0.25) is 0 Å². The number of thioether (sulfide) groups is 1. The van der Waals surface area contributed by atoms with Crippen LogP contribution in [0.4, 0.5) is 0 Å². The van der Waals surface area contributed by atoms with Crippen molar-refractivity contribution in [2.75, 3.05) is 25.1 Å². The summed E-state index contributed by atoms with van der Waals surface area (Å²) in [7, 11) is 2.17. The van der Waals surface area contributed by atoms with Crippen molar-refractivity contribution in [2.45, 2.75) is 32.9 Å². The van der Waals surface area contributed by atoms with E-state index < -0.39 is 0 Å². The molecule has 1 atom stereocenters. The maximum Gasteiger partial charge on any atom is 0.0234 e. The summed E-state index contributed by atoms with van der Waals surface area (Å²) in [6, 6.07) is 9.26. The van der Waals surface area contributed by atoms with Crippen molar-refractivity contribution in [3.63, 3.8) is 0 Å². The molecule has 2 nitrogen and oxygen atoms in total. The van der Waals surface area contributed by atoms with Crippen LogP contribution < -0.4 is 5.73 Å². The molecular formula is C15H26N2S. The van der Waals surface area contributed by atoms with E-state index in [1.54, 1.807) is 0 Å². The molecule has 0 saturated heterocycles. The van der Waals surface area contributed by atoms with Gasteiger partial charge in [-0.2, -0.15) is 11.8 Å². The summed E-state index contributed by atoms with van der Waals surface area (Å²) in [6.45, 7) is 6.06. The molecule has 0 aliphatic heterocycles. The van der Waals surface area contributed by atoms with Crippen molar-refractivity contribution in [1.82, 2.24) is 4.90 Å². The lowest BCUT2D eigenvalue weighted by molar-refractivity contribution is 0.234. The largest absolute Gasteiger partial charge is 0.329 e. The molecule has 102 valence electrons. The third-order valence-corrected chi connectivity index (χ3v) is 4.18. The first-order valence-corrected chi connectivity index (χ1v) is 7.86. The maximum absolute atomic E-state index is 5.88. The van der Waals surface area contributed by atoms with Crippen LogP contribution in [0.1, 0.15) is 24.5 Å². The van der Waals surface area contributed by atoms with Crippen molar-refractivity contribution in [1.29, 1.82) is 0 Å². The Bertz CT molecular complexity index is 324. The highest BCUT2D eigenvalue weighted by atomic mass is 32.2. The normalized spacial score (nSPS) is 12.9. The molecule has 0 bridgehead atoms. The van der Waals surface area contributed by atoms with Crippen LogP contribution in [0, 0.1) is 6.92 Å². The number of nitrogens with two attached hydrogens (primary N) is 1. The van der Waals surface area contributed by atoms with Crippen LogP contribution >= 0.6 is 11.8 Å². The summed E-state index contributed by atoms with van der Waals surface area (Å²) in [5.41, 5.74) is 8.56. The van der Waals surface area contributed by atoms with E-state index in [-0.39, 0.29) is 0 Å². The Balaban J connectivity index is 2.45. The van der Waals surface area contributed by atoms with Gasteiger partial charge in [0.05, 0.1) is 0 Å². The summed E-state index contributed by atoms with van der Waals surface area (Å²) in [5, 5.41) is 0. The molecule has 1 unspecified atom stereocenters. The zero-order valence-electron chi connectivity index (χ0n) is 11.9. The van der Waals surface area contributed by atoms with Gasteiger partial charge in [-0.25, -0.2) is 0 Å². The molecule has 1 aromatic rings. The molecule has 0 aliphatic rings. The Morgan fingerprint density at radius 3 is 2.50 bits per heavy atom. The van der Waals surface area contributed by atoms with E-state index >= 15 is 0 Å². The average Bonchev–Trinajstić information content (AvgIpc) is 2.37. The molecule has 1 rings (SSSR count). The molecule has 0 saturated carbocycles. The molecule has 0 spiro atoms. The van der Waals surface area contributed by atoms with Gasteiger partial charge >= 0.3 is 0 Å². The van der Waals surface area contributed by atoms with E-state index in [0.29, 0.717) is 6.04 Å². The quantitative estimate of drug-likeness (QED) is 0.734. The smallest absolute Gasteiger partial charge is 0.0234 e. The first-order valence-electron chi connectivity index (χ1n) is 6.71. The first-order chi connectivity index (χ1) is 8.67. The third-order valence-electron chi connectivity index (χ3n) is 3.25. The topological polar surface area (TPSA) is 29.3 Å². The zero-order chi connectivity index (χ0) is 13.4. The number of benzene rings is 1. The van der Waals surface area contributed by atoms with Crippen molar-refractivity contribution in [2.24, 2.45) is 5.73 Å². The monoisotopic (exact) mass is 266 g/mol. The summed E-state index contributed by atoms with van der Waals surface area (Å²) in [6.07, 6.45) is 1.18. The van der Waals surface area contributed by atoms with Crippen molar-refractivity contribution >= 4 is 11.8 Å². The molecular weight excluding hydrogens is 240 g/mol. The van der Waals surface area contributed by atoms with Gasteiger partial charge in [0.15, 0.2) is 0 Å². The van der Waals surface area contributed by atoms with Gasteiger partial charge in [0, 0.05) is 19.1 Å². The van der Waals surface area contributed by atoms with Gasteiger partial charge in [-0.3, -0.25) is 4.90 Å². The van der Waals surface area contributed by atoms with E-state index in [2.05, 4.69) is 50.1 Å². The van der Waals surface area contributed by atoms with Gasteiger partial charge in [-0.1, -0.05) is 36.8 Å². The van der Waals surface area contributed by atoms with E-state index in [1.165, 1.54) is 29.1 Å². The summed E-state index contributed by atoms with van der Waals surface area (Å²) < 4.78 is 0. The van der Waals surface area contributed by atoms with Crippen LogP contribution in [-0.2, 0) is 6.54 Å². The third kappa shape index (κ3) is 5.42. The Kier molecular flexibility index (Phi) is 7.40. The molecule has 3 heteroatoms.